The first-order chi connectivity index (χ1) is 28.9. The Bertz CT molecular complexity index is 1950. The minimum atomic E-state index is -1.24. The highest BCUT2D eigenvalue weighted by atomic mass is 16.7. The highest BCUT2D eigenvalue weighted by Gasteiger charge is 2.47. The van der Waals surface area contributed by atoms with Crippen LogP contribution in [0, 0.1) is 23.7 Å². The third-order valence-corrected chi connectivity index (χ3v) is 12.2. The van der Waals surface area contributed by atoms with Crippen molar-refractivity contribution in [2.24, 2.45) is 23.7 Å². The summed E-state index contributed by atoms with van der Waals surface area (Å²) < 4.78 is 20.7. The normalized spacial score (nSPS) is 32.6. The van der Waals surface area contributed by atoms with E-state index in [0.717, 1.165) is 27.9 Å². The number of carbonyl (C=O) groups excluding carboxylic acids is 2. The molecule has 0 bridgehead atoms. The zero-order valence-corrected chi connectivity index (χ0v) is 37.7. The molecule has 3 aromatic rings. The summed E-state index contributed by atoms with van der Waals surface area (Å²) in [5.41, 5.74) is 3.32. The van der Waals surface area contributed by atoms with Gasteiger partial charge in [-0.2, -0.15) is 0 Å². The topological polar surface area (TPSA) is 176 Å². The molecule has 0 aliphatic carbocycles. The van der Waals surface area contributed by atoms with Crippen molar-refractivity contribution in [2.75, 3.05) is 48.3 Å². The quantitative estimate of drug-likeness (QED) is 0.223. The lowest BCUT2D eigenvalue weighted by atomic mass is 9.79. The van der Waals surface area contributed by atoms with Gasteiger partial charge in [-0.3, -0.25) is 14.6 Å². The van der Waals surface area contributed by atoms with Crippen LogP contribution in [-0.4, -0.2) is 159 Å². The second kappa shape index (κ2) is 21.9. The average molecular weight is 848 g/mol. The number of hydrogen-bond acceptors (Lipinski definition) is 14. The van der Waals surface area contributed by atoms with Crippen LogP contribution in [0.2, 0.25) is 0 Å². The maximum absolute atomic E-state index is 13.9. The molecule has 1 saturated heterocycles. The number of benzene rings is 1. The smallest absolute Gasteiger partial charge is 0.308 e. The van der Waals surface area contributed by atoms with E-state index in [4.69, 9.17) is 14.2 Å². The lowest BCUT2D eigenvalue weighted by Gasteiger charge is -2.46. The molecule has 12 atom stereocenters. The van der Waals surface area contributed by atoms with Gasteiger partial charge < -0.3 is 44.2 Å². The van der Waals surface area contributed by atoms with E-state index in [1.165, 1.54) is 0 Å². The molecule has 0 amide bonds. The molecule has 2 aliphatic heterocycles. The number of pyridine rings is 1. The molecule has 3 N–H and O–H groups in total. The van der Waals surface area contributed by atoms with Crippen molar-refractivity contribution < 1.29 is 39.1 Å². The molecule has 0 spiro atoms. The van der Waals surface area contributed by atoms with E-state index in [9.17, 15) is 24.9 Å². The van der Waals surface area contributed by atoms with E-state index in [-0.39, 0.29) is 24.0 Å². The van der Waals surface area contributed by atoms with Gasteiger partial charge in [0.2, 0.25) is 0 Å². The number of likely N-dealkylation sites (N-methyl/N-ethyl adjacent to an activating group) is 1. The number of aliphatic hydroxyl groups excluding tert-OH is 3. The minimum Gasteiger partial charge on any atom is -0.462 e. The number of cyclic esters (lactones) is 1. The number of hydrogen-bond donors (Lipinski definition) is 3. The Morgan fingerprint density at radius 1 is 1.00 bits per heavy atom. The zero-order chi connectivity index (χ0) is 44.5. The molecule has 5 rings (SSSR count). The van der Waals surface area contributed by atoms with E-state index in [0.29, 0.717) is 38.9 Å². The summed E-state index contributed by atoms with van der Waals surface area (Å²) in [5.74, 6) is -2.17. The average Bonchev–Trinajstić information content (AvgIpc) is 3.68. The number of carbonyl (C=O) groups is 2. The predicted molar refractivity (Wildman–Crippen MR) is 233 cm³/mol. The van der Waals surface area contributed by atoms with Crippen LogP contribution in [0.1, 0.15) is 66.0 Å². The van der Waals surface area contributed by atoms with Crippen molar-refractivity contribution in [1.82, 2.24) is 34.7 Å². The Labute approximate surface area is 361 Å². The number of fused-ring (bicyclic) bond motifs is 1. The molecule has 0 radical (unpaired) electrons. The number of rotatable bonds is 12. The highest BCUT2D eigenvalue weighted by Crippen LogP contribution is 2.35. The van der Waals surface area contributed by atoms with Crippen molar-refractivity contribution in [3.05, 3.63) is 72.2 Å². The second-order valence-corrected chi connectivity index (χ2v) is 17.8. The maximum atomic E-state index is 13.9. The van der Waals surface area contributed by atoms with Gasteiger partial charge in [0.1, 0.15) is 12.2 Å². The number of ketones is 1. The Morgan fingerprint density at radius 3 is 2.44 bits per heavy atom. The van der Waals surface area contributed by atoms with Crippen LogP contribution in [0.4, 0.5) is 0 Å². The van der Waals surface area contributed by atoms with E-state index < -0.39 is 66.8 Å². The molecular weight excluding hydrogens is 779 g/mol. The van der Waals surface area contributed by atoms with Crippen LogP contribution in [0.5, 0.6) is 0 Å². The summed E-state index contributed by atoms with van der Waals surface area (Å²) in [6.45, 7) is 11.0. The third kappa shape index (κ3) is 12.8. The lowest BCUT2D eigenvalue weighted by molar-refractivity contribution is -0.304. The molecule has 336 valence electrons. The van der Waals surface area contributed by atoms with Gasteiger partial charge in [-0.25, -0.2) is 4.68 Å². The fraction of sp³-hybridized carbons (Fsp3) is 0.630. The van der Waals surface area contributed by atoms with Crippen LogP contribution in [0.3, 0.4) is 0 Å². The third-order valence-electron chi connectivity index (χ3n) is 12.2. The van der Waals surface area contributed by atoms with Crippen molar-refractivity contribution in [3.63, 3.8) is 0 Å². The summed E-state index contributed by atoms with van der Waals surface area (Å²) in [4.78, 5) is 38.0. The second-order valence-electron chi connectivity index (χ2n) is 17.8. The summed E-state index contributed by atoms with van der Waals surface area (Å²) in [7, 11) is 9.45. The van der Waals surface area contributed by atoms with Crippen LogP contribution >= 0.6 is 0 Å². The van der Waals surface area contributed by atoms with Crippen LogP contribution in [0.15, 0.2) is 66.5 Å². The first kappa shape index (κ1) is 48.1. The van der Waals surface area contributed by atoms with Gasteiger partial charge in [0.15, 0.2) is 12.1 Å². The number of ether oxygens (including phenoxy) is 3. The molecule has 61 heavy (non-hydrogen) atoms. The van der Waals surface area contributed by atoms with Crippen molar-refractivity contribution in [3.8, 4) is 5.69 Å². The van der Waals surface area contributed by atoms with Gasteiger partial charge in [0.25, 0.3) is 0 Å². The fourth-order valence-corrected chi connectivity index (χ4v) is 8.70. The molecule has 2 aromatic heterocycles. The molecule has 1 fully saturated rings. The maximum Gasteiger partial charge on any atom is 0.308 e. The predicted octanol–water partition coefficient (Wildman–Crippen LogP) is 4.03. The largest absolute Gasteiger partial charge is 0.462 e. The van der Waals surface area contributed by atoms with Gasteiger partial charge in [0, 0.05) is 36.2 Å². The molecule has 1 aromatic carbocycles. The zero-order valence-electron chi connectivity index (χ0n) is 37.7. The Kier molecular flexibility index (Phi) is 17.3. The SMILES string of the molecule is CC[C@H]1OC(=O)C[C@@H](O)[C@H](C)[C@@H](O[C@@H]2O[C@H](C)C(O)C(N(C)C)C2O)[C@@H](CCN(C)Cc2cn(-c3cnc4ccccc4c3)nn2)C[C@@H](C)C(=O)/C=C/C(C)=C/[C@@H]1CN(C)C. The van der Waals surface area contributed by atoms with E-state index in [1.54, 1.807) is 42.9 Å². The van der Waals surface area contributed by atoms with Gasteiger partial charge in [-0.1, -0.05) is 61.9 Å². The first-order valence-electron chi connectivity index (χ1n) is 21.7. The van der Waals surface area contributed by atoms with Gasteiger partial charge in [-0.05, 0) is 99.0 Å². The summed E-state index contributed by atoms with van der Waals surface area (Å²) in [6.07, 6.45) is 3.84. The van der Waals surface area contributed by atoms with Crippen molar-refractivity contribution >= 4 is 22.7 Å². The molecule has 15 nitrogen and oxygen atoms in total. The molecule has 15 heteroatoms. The highest BCUT2D eigenvalue weighted by molar-refractivity contribution is 5.91. The molecule has 0 saturated carbocycles. The van der Waals surface area contributed by atoms with Crippen LogP contribution in [0.25, 0.3) is 16.6 Å². The van der Waals surface area contributed by atoms with Gasteiger partial charge in [0.05, 0.1) is 66.2 Å². The Balaban J connectivity index is 1.45. The Morgan fingerprint density at radius 2 is 1.74 bits per heavy atom. The Hall–Kier alpha value is -3.93. The minimum absolute atomic E-state index is 0.0501. The van der Waals surface area contributed by atoms with Crippen molar-refractivity contribution in [1.29, 1.82) is 0 Å². The first-order valence-corrected chi connectivity index (χ1v) is 21.7. The summed E-state index contributed by atoms with van der Waals surface area (Å²) >= 11 is 0. The molecule has 3 unspecified atom stereocenters. The number of aliphatic hydroxyl groups is 3. The summed E-state index contributed by atoms with van der Waals surface area (Å²) in [5, 5.41) is 44.3. The molecule has 2 aliphatic rings. The van der Waals surface area contributed by atoms with Crippen molar-refractivity contribution in [2.45, 2.75) is 116 Å². The van der Waals surface area contributed by atoms with E-state index >= 15 is 0 Å². The monoisotopic (exact) mass is 848 g/mol. The standard InChI is InChI=1S/C46H69N7O8/c1-11-40-34(25-50(6)7)20-28(2)16-17-38(54)29(3)21-33(18-19-52(10)26-35-27-53(49-48-35)36-22-32-14-12-13-15-37(32)47-24-36)45(30(4)39(55)23-41(56)60-40)61-46-44(58)42(51(8)9)43(57)31(5)59-46/h12-17,20,22,24,27,29-31,33-34,39-40,42-46,55,57-58H,11,18-19,21,23,25-26H2,1-10H3/b17-16+,28-20+/t29-,30+,31-,33+,34-,39-,40-,42?,43?,44?,45-,46+/m1/s1. The van der Waals surface area contributed by atoms with Crippen LogP contribution < -0.4 is 0 Å². The molecular formula is C46H69N7O8. The number of aromatic nitrogens is 4. The van der Waals surface area contributed by atoms with E-state index in [2.05, 4.69) is 26.3 Å². The number of para-hydroxylation sites is 1. The van der Waals surface area contributed by atoms with Gasteiger partial charge in [-0.15, -0.1) is 5.10 Å². The fourth-order valence-electron chi connectivity index (χ4n) is 8.70. The lowest BCUT2D eigenvalue weighted by Crippen LogP contribution is -2.63. The summed E-state index contributed by atoms with van der Waals surface area (Å²) in [6, 6.07) is 9.22. The van der Waals surface area contributed by atoms with E-state index in [1.807, 2.05) is 96.3 Å². The number of nitrogens with zero attached hydrogens (tertiary/aromatic N) is 7. The van der Waals surface area contributed by atoms with Gasteiger partial charge >= 0.3 is 5.97 Å². The number of esters is 1. The molecule has 4 heterocycles. The number of allylic oxidation sites excluding steroid dienone is 3. The van der Waals surface area contributed by atoms with Crippen LogP contribution in [-0.2, 0) is 30.3 Å².